The molecule has 0 saturated carbocycles. The Hall–Kier alpha value is -0.880. The molecule has 52 valence electrons. The zero-order valence-electron chi connectivity index (χ0n) is 5.50. The van der Waals surface area contributed by atoms with Crippen LogP contribution in [0.4, 0.5) is 0 Å². The molecule has 1 aliphatic heterocycles. The molecule has 0 aromatic rings. The van der Waals surface area contributed by atoms with Gasteiger partial charge in [-0.25, -0.2) is 0 Å². The summed E-state index contributed by atoms with van der Waals surface area (Å²) in [5.74, 6) is 0.521. The van der Waals surface area contributed by atoms with Crippen LogP contribution >= 0.6 is 11.8 Å². The zero-order chi connectivity index (χ0) is 7.23. The fourth-order valence-corrected chi connectivity index (χ4v) is 1.24. The molecule has 0 aliphatic carbocycles. The molecular weight excluding hydrogens is 144 g/mol. The molecule has 2 nitrogen and oxygen atoms in total. The highest BCUT2D eigenvalue weighted by atomic mass is 32.2. The standard InChI is InChI=1S/C7H8N2S/c8-4-6-10-7-3-1-2-5-9-7/h2-3,5,9H,1,6H2. The lowest BCUT2D eigenvalue weighted by Crippen LogP contribution is -2.04. The molecule has 0 amide bonds. The number of nitrogens with zero attached hydrogens (tertiary/aromatic N) is 1. The van der Waals surface area contributed by atoms with E-state index in [1.807, 2.05) is 12.3 Å². The lowest BCUT2D eigenvalue weighted by atomic mass is 10.3. The Morgan fingerprint density at radius 1 is 1.80 bits per heavy atom. The topological polar surface area (TPSA) is 35.8 Å². The van der Waals surface area contributed by atoms with Crippen LogP contribution < -0.4 is 5.32 Å². The van der Waals surface area contributed by atoms with Gasteiger partial charge in [-0.1, -0.05) is 23.9 Å². The van der Waals surface area contributed by atoms with Crippen LogP contribution in [-0.4, -0.2) is 5.75 Å². The van der Waals surface area contributed by atoms with Crippen LogP contribution in [0.5, 0.6) is 0 Å². The van der Waals surface area contributed by atoms with Crippen molar-refractivity contribution < 1.29 is 0 Å². The van der Waals surface area contributed by atoms with Crippen molar-refractivity contribution in [3.8, 4) is 6.07 Å². The lowest BCUT2D eigenvalue weighted by Gasteiger charge is -2.06. The molecule has 0 fully saturated rings. The minimum atomic E-state index is 0.521. The van der Waals surface area contributed by atoms with Gasteiger partial charge in [-0.3, -0.25) is 0 Å². The summed E-state index contributed by atoms with van der Waals surface area (Å²) in [5, 5.41) is 12.4. The molecular formula is C7H8N2S. The van der Waals surface area contributed by atoms with Crippen molar-refractivity contribution in [2.75, 3.05) is 5.75 Å². The number of allylic oxidation sites excluding steroid dienone is 2. The molecule has 10 heavy (non-hydrogen) atoms. The SMILES string of the molecule is N#CCSC1=CCC=CN1. The summed E-state index contributed by atoms with van der Waals surface area (Å²) < 4.78 is 0. The van der Waals surface area contributed by atoms with Crippen LogP contribution in [0.1, 0.15) is 6.42 Å². The molecule has 1 N–H and O–H groups in total. The van der Waals surface area contributed by atoms with Gasteiger partial charge in [0.05, 0.1) is 16.9 Å². The van der Waals surface area contributed by atoms with E-state index >= 15 is 0 Å². The van der Waals surface area contributed by atoms with Crippen molar-refractivity contribution in [3.63, 3.8) is 0 Å². The molecule has 0 unspecified atom stereocenters. The van der Waals surface area contributed by atoms with Crippen LogP contribution in [-0.2, 0) is 0 Å². The number of dihydropyridines is 1. The van der Waals surface area contributed by atoms with Crippen molar-refractivity contribution >= 4 is 11.8 Å². The van der Waals surface area contributed by atoms with Crippen molar-refractivity contribution in [1.29, 1.82) is 5.26 Å². The van der Waals surface area contributed by atoms with Gasteiger partial charge in [0.25, 0.3) is 0 Å². The quantitative estimate of drug-likeness (QED) is 0.652. The first-order valence-electron chi connectivity index (χ1n) is 3.05. The van der Waals surface area contributed by atoms with E-state index in [1.54, 1.807) is 0 Å². The fourth-order valence-electron chi connectivity index (χ4n) is 0.654. The Bertz CT molecular complexity index is 200. The molecule has 0 radical (unpaired) electrons. The van der Waals surface area contributed by atoms with Gasteiger partial charge >= 0.3 is 0 Å². The third kappa shape index (κ3) is 2.16. The van der Waals surface area contributed by atoms with Gasteiger partial charge in [0, 0.05) is 0 Å². The van der Waals surface area contributed by atoms with Crippen molar-refractivity contribution in [1.82, 2.24) is 5.32 Å². The third-order valence-corrected chi connectivity index (χ3v) is 1.94. The Balaban J connectivity index is 2.29. The molecule has 0 aromatic heterocycles. The predicted octanol–water partition coefficient (Wildman–Crippen LogP) is 1.59. The summed E-state index contributed by atoms with van der Waals surface area (Å²) >= 11 is 1.54. The van der Waals surface area contributed by atoms with E-state index in [2.05, 4.69) is 17.5 Å². The van der Waals surface area contributed by atoms with Crippen LogP contribution in [0.15, 0.2) is 23.4 Å². The molecule has 1 heterocycles. The Morgan fingerprint density at radius 3 is 3.30 bits per heavy atom. The van der Waals surface area contributed by atoms with Gasteiger partial charge in [-0.2, -0.15) is 5.26 Å². The average molecular weight is 152 g/mol. The van der Waals surface area contributed by atoms with E-state index in [0.717, 1.165) is 11.4 Å². The first-order chi connectivity index (χ1) is 4.93. The van der Waals surface area contributed by atoms with Crippen LogP contribution in [0.3, 0.4) is 0 Å². The lowest BCUT2D eigenvalue weighted by molar-refractivity contribution is 1.09. The first-order valence-corrected chi connectivity index (χ1v) is 4.03. The highest BCUT2D eigenvalue weighted by molar-refractivity contribution is 8.03. The number of thioether (sulfide) groups is 1. The van der Waals surface area contributed by atoms with Crippen LogP contribution in [0, 0.1) is 11.3 Å². The highest BCUT2D eigenvalue weighted by Gasteiger charge is 1.96. The molecule has 1 rings (SSSR count). The van der Waals surface area contributed by atoms with Gasteiger partial charge in [0.15, 0.2) is 0 Å². The molecule has 0 bridgehead atoms. The number of hydrogen-bond acceptors (Lipinski definition) is 3. The maximum Gasteiger partial charge on any atom is 0.0869 e. The number of nitrogens with one attached hydrogen (secondary N) is 1. The second-order valence-electron chi connectivity index (χ2n) is 1.80. The second-order valence-corrected chi connectivity index (χ2v) is 2.81. The van der Waals surface area contributed by atoms with Crippen LogP contribution in [0.25, 0.3) is 0 Å². The van der Waals surface area contributed by atoms with E-state index in [9.17, 15) is 0 Å². The Labute approximate surface area is 64.6 Å². The van der Waals surface area contributed by atoms with Crippen molar-refractivity contribution in [2.45, 2.75) is 6.42 Å². The van der Waals surface area contributed by atoms with Crippen molar-refractivity contribution in [3.05, 3.63) is 23.4 Å². The summed E-state index contributed by atoms with van der Waals surface area (Å²) in [5.41, 5.74) is 0. The largest absolute Gasteiger partial charge is 0.357 e. The van der Waals surface area contributed by atoms with Gasteiger partial charge < -0.3 is 5.32 Å². The van der Waals surface area contributed by atoms with E-state index in [1.165, 1.54) is 11.8 Å². The van der Waals surface area contributed by atoms with E-state index in [4.69, 9.17) is 5.26 Å². The molecule has 1 aliphatic rings. The predicted molar refractivity (Wildman–Crippen MR) is 43.0 cm³/mol. The fraction of sp³-hybridized carbons (Fsp3) is 0.286. The smallest absolute Gasteiger partial charge is 0.0869 e. The molecule has 0 atom stereocenters. The third-order valence-electron chi connectivity index (χ3n) is 1.07. The summed E-state index contributed by atoms with van der Waals surface area (Å²) in [4.78, 5) is 0. The monoisotopic (exact) mass is 152 g/mol. The van der Waals surface area contributed by atoms with E-state index in [-0.39, 0.29) is 0 Å². The maximum absolute atomic E-state index is 8.25. The minimum absolute atomic E-state index is 0.521. The Kier molecular flexibility index (Phi) is 2.91. The zero-order valence-corrected chi connectivity index (χ0v) is 6.32. The Morgan fingerprint density at radius 2 is 2.70 bits per heavy atom. The second kappa shape index (κ2) is 4.02. The van der Waals surface area contributed by atoms with Gasteiger partial charge in [-0.15, -0.1) is 0 Å². The normalized spacial score (nSPS) is 15.3. The maximum atomic E-state index is 8.25. The molecule has 0 spiro atoms. The summed E-state index contributed by atoms with van der Waals surface area (Å²) in [6.07, 6.45) is 6.99. The average Bonchev–Trinajstić information content (AvgIpc) is 2.03. The molecule has 0 aromatic carbocycles. The molecule has 0 saturated heterocycles. The molecule has 3 heteroatoms. The van der Waals surface area contributed by atoms with Gasteiger partial charge in [-0.05, 0) is 12.6 Å². The van der Waals surface area contributed by atoms with E-state index < -0.39 is 0 Å². The number of nitriles is 1. The first kappa shape index (κ1) is 7.23. The minimum Gasteiger partial charge on any atom is -0.357 e. The van der Waals surface area contributed by atoms with E-state index in [0.29, 0.717) is 5.75 Å². The number of rotatable bonds is 2. The summed E-state index contributed by atoms with van der Waals surface area (Å²) in [6, 6.07) is 2.07. The summed E-state index contributed by atoms with van der Waals surface area (Å²) in [7, 11) is 0. The van der Waals surface area contributed by atoms with Gasteiger partial charge in [0.1, 0.15) is 0 Å². The van der Waals surface area contributed by atoms with Crippen molar-refractivity contribution in [2.24, 2.45) is 0 Å². The highest BCUT2D eigenvalue weighted by Crippen LogP contribution is 2.14. The summed E-state index contributed by atoms with van der Waals surface area (Å²) in [6.45, 7) is 0. The van der Waals surface area contributed by atoms with Gasteiger partial charge in [0.2, 0.25) is 0 Å². The van der Waals surface area contributed by atoms with Crippen LogP contribution in [0.2, 0.25) is 0 Å². The number of hydrogen-bond donors (Lipinski definition) is 1.